The molecule has 128 valence electrons. The molecule has 0 aliphatic carbocycles. The van der Waals surface area contributed by atoms with Crippen molar-refractivity contribution in [1.82, 2.24) is 25.6 Å². The highest BCUT2D eigenvalue weighted by Gasteiger charge is 2.37. The van der Waals surface area contributed by atoms with Crippen molar-refractivity contribution in [1.29, 1.82) is 0 Å². The number of hydrogen-bond donors (Lipinski definition) is 2. The van der Waals surface area contributed by atoms with Gasteiger partial charge in [0.25, 0.3) is 0 Å². The van der Waals surface area contributed by atoms with E-state index in [1.165, 1.54) is 11.8 Å². The highest BCUT2D eigenvalue weighted by molar-refractivity contribution is 8.01. The standard InChI is InChI=1S/C16H21N5O2S/c1-16(2)15(23)18-12(10-24-16)14(22)17-8-5-9-21-13-7-4-3-6-11(13)19-20-21/h3-4,6-7,12H,5,8-10H2,1-2H3,(H,17,22)(H,18,23)/t12-/m1/s1. The molecule has 0 spiro atoms. The lowest BCUT2D eigenvalue weighted by atomic mass is 10.1. The number of aromatic nitrogens is 3. The Bertz CT molecular complexity index is 758. The maximum atomic E-state index is 12.2. The van der Waals surface area contributed by atoms with Crippen molar-refractivity contribution in [2.24, 2.45) is 0 Å². The van der Waals surface area contributed by atoms with Crippen LogP contribution in [0.2, 0.25) is 0 Å². The summed E-state index contributed by atoms with van der Waals surface area (Å²) in [7, 11) is 0. The topological polar surface area (TPSA) is 88.9 Å². The van der Waals surface area contributed by atoms with E-state index in [1.54, 1.807) is 0 Å². The zero-order chi connectivity index (χ0) is 17.2. The minimum Gasteiger partial charge on any atom is -0.354 e. The number of para-hydroxylation sites is 1. The fraction of sp³-hybridized carbons (Fsp3) is 0.500. The number of hydrogen-bond acceptors (Lipinski definition) is 5. The van der Waals surface area contributed by atoms with E-state index in [1.807, 2.05) is 42.8 Å². The second-order valence-corrected chi connectivity index (χ2v) is 7.94. The van der Waals surface area contributed by atoms with Crippen molar-refractivity contribution in [3.63, 3.8) is 0 Å². The lowest BCUT2D eigenvalue weighted by molar-refractivity contribution is -0.129. The van der Waals surface area contributed by atoms with Crippen LogP contribution >= 0.6 is 11.8 Å². The Labute approximate surface area is 144 Å². The van der Waals surface area contributed by atoms with Gasteiger partial charge in [-0.25, -0.2) is 4.68 Å². The number of rotatable bonds is 5. The van der Waals surface area contributed by atoms with Gasteiger partial charge in [0.05, 0.1) is 10.3 Å². The van der Waals surface area contributed by atoms with Crippen molar-refractivity contribution in [3.05, 3.63) is 24.3 Å². The number of carbonyl (C=O) groups excluding carboxylic acids is 2. The summed E-state index contributed by atoms with van der Waals surface area (Å²) < 4.78 is 1.37. The monoisotopic (exact) mass is 347 g/mol. The van der Waals surface area contributed by atoms with Crippen molar-refractivity contribution >= 4 is 34.6 Å². The van der Waals surface area contributed by atoms with Gasteiger partial charge < -0.3 is 10.6 Å². The molecule has 1 saturated heterocycles. The fourth-order valence-corrected chi connectivity index (χ4v) is 3.53. The van der Waals surface area contributed by atoms with Gasteiger partial charge in [-0.1, -0.05) is 17.3 Å². The Morgan fingerprint density at radius 1 is 1.46 bits per heavy atom. The zero-order valence-corrected chi connectivity index (χ0v) is 14.6. The third kappa shape index (κ3) is 3.53. The summed E-state index contributed by atoms with van der Waals surface area (Å²) in [6.07, 6.45) is 0.748. The predicted molar refractivity (Wildman–Crippen MR) is 93.6 cm³/mol. The summed E-state index contributed by atoms with van der Waals surface area (Å²) in [6.45, 7) is 4.94. The van der Waals surface area contributed by atoms with Gasteiger partial charge in [-0.15, -0.1) is 16.9 Å². The third-order valence-corrected chi connectivity index (χ3v) is 5.45. The van der Waals surface area contributed by atoms with Crippen molar-refractivity contribution in [2.75, 3.05) is 12.3 Å². The smallest absolute Gasteiger partial charge is 0.243 e. The minimum absolute atomic E-state index is 0.0898. The number of carbonyl (C=O) groups is 2. The van der Waals surface area contributed by atoms with Crippen LogP contribution in [0, 0.1) is 0 Å². The normalized spacial score (nSPS) is 19.9. The lowest BCUT2D eigenvalue weighted by Crippen LogP contribution is -2.57. The van der Waals surface area contributed by atoms with Crippen molar-refractivity contribution in [3.8, 4) is 0 Å². The van der Waals surface area contributed by atoms with Crippen LogP contribution in [-0.4, -0.2) is 49.9 Å². The van der Waals surface area contributed by atoms with Crippen molar-refractivity contribution in [2.45, 2.75) is 37.6 Å². The van der Waals surface area contributed by atoms with Gasteiger partial charge in [-0.05, 0) is 32.4 Å². The molecular formula is C16H21N5O2S. The van der Waals surface area contributed by atoms with Gasteiger partial charge in [0.2, 0.25) is 11.8 Å². The summed E-state index contributed by atoms with van der Waals surface area (Å²) in [5.74, 6) is 0.376. The first-order chi connectivity index (χ1) is 11.5. The molecule has 8 heteroatoms. The average molecular weight is 347 g/mol. The van der Waals surface area contributed by atoms with Crippen LogP contribution in [0.25, 0.3) is 11.0 Å². The first kappa shape index (κ1) is 16.8. The Kier molecular flexibility index (Phi) is 4.75. The van der Waals surface area contributed by atoms with Crippen molar-refractivity contribution < 1.29 is 9.59 Å². The van der Waals surface area contributed by atoms with E-state index in [9.17, 15) is 9.59 Å². The molecule has 2 amide bonds. The van der Waals surface area contributed by atoms with Gasteiger partial charge in [-0.3, -0.25) is 9.59 Å². The second-order valence-electron chi connectivity index (χ2n) is 6.29. The average Bonchev–Trinajstić information content (AvgIpc) is 2.97. The van der Waals surface area contributed by atoms with Crippen LogP contribution in [0.5, 0.6) is 0 Å². The Balaban J connectivity index is 1.45. The third-order valence-electron chi connectivity index (χ3n) is 4.05. The van der Waals surface area contributed by atoms with Crippen LogP contribution in [-0.2, 0) is 16.1 Å². The molecule has 0 radical (unpaired) electrons. The molecule has 1 aliphatic rings. The van der Waals surface area contributed by atoms with Crippen LogP contribution < -0.4 is 10.6 Å². The molecule has 1 fully saturated rings. The molecular weight excluding hydrogens is 326 g/mol. The number of amides is 2. The molecule has 2 heterocycles. The molecule has 1 atom stereocenters. The highest BCUT2D eigenvalue weighted by atomic mass is 32.2. The highest BCUT2D eigenvalue weighted by Crippen LogP contribution is 2.28. The van der Waals surface area contributed by atoms with E-state index in [2.05, 4.69) is 20.9 Å². The van der Waals surface area contributed by atoms with Gasteiger partial charge in [0, 0.05) is 18.8 Å². The first-order valence-electron chi connectivity index (χ1n) is 7.98. The largest absolute Gasteiger partial charge is 0.354 e. The minimum atomic E-state index is -0.467. The molecule has 7 nitrogen and oxygen atoms in total. The molecule has 0 saturated carbocycles. The summed E-state index contributed by atoms with van der Waals surface area (Å²) in [5.41, 5.74) is 1.85. The van der Waals surface area contributed by atoms with E-state index in [0.717, 1.165) is 17.5 Å². The van der Waals surface area contributed by atoms with E-state index >= 15 is 0 Å². The lowest BCUT2D eigenvalue weighted by Gasteiger charge is -2.32. The Morgan fingerprint density at radius 3 is 3.04 bits per heavy atom. The van der Waals surface area contributed by atoms with Gasteiger partial charge in [0.1, 0.15) is 11.6 Å². The van der Waals surface area contributed by atoms with E-state index in [-0.39, 0.29) is 11.8 Å². The van der Waals surface area contributed by atoms with Crippen LogP contribution in [0.15, 0.2) is 24.3 Å². The van der Waals surface area contributed by atoms with E-state index < -0.39 is 10.8 Å². The number of aryl methyl sites for hydroxylation is 1. The maximum absolute atomic E-state index is 12.2. The van der Waals surface area contributed by atoms with Gasteiger partial charge in [0.15, 0.2) is 0 Å². The number of nitrogens with one attached hydrogen (secondary N) is 2. The number of benzene rings is 1. The first-order valence-corrected chi connectivity index (χ1v) is 8.97. The van der Waals surface area contributed by atoms with Gasteiger partial charge in [-0.2, -0.15) is 0 Å². The fourth-order valence-electron chi connectivity index (χ4n) is 2.52. The molecule has 1 aromatic heterocycles. The summed E-state index contributed by atoms with van der Waals surface area (Å²) >= 11 is 1.51. The zero-order valence-electron chi connectivity index (χ0n) is 13.8. The molecule has 1 aliphatic heterocycles. The van der Waals surface area contributed by atoms with Crippen LogP contribution in [0.3, 0.4) is 0 Å². The van der Waals surface area contributed by atoms with Crippen LogP contribution in [0.4, 0.5) is 0 Å². The molecule has 3 rings (SSSR count). The quantitative estimate of drug-likeness (QED) is 0.786. The molecule has 2 N–H and O–H groups in total. The van der Waals surface area contributed by atoms with E-state index in [4.69, 9.17) is 0 Å². The molecule has 2 aromatic rings. The predicted octanol–water partition coefficient (Wildman–Crippen LogP) is 0.948. The summed E-state index contributed by atoms with van der Waals surface area (Å²) in [4.78, 5) is 24.1. The molecule has 1 aromatic carbocycles. The Morgan fingerprint density at radius 2 is 2.25 bits per heavy atom. The second kappa shape index (κ2) is 6.80. The molecule has 0 unspecified atom stereocenters. The Hall–Kier alpha value is -2.09. The summed E-state index contributed by atoms with van der Waals surface area (Å²) in [6, 6.07) is 7.33. The van der Waals surface area contributed by atoms with Gasteiger partial charge >= 0.3 is 0 Å². The van der Waals surface area contributed by atoms with E-state index in [0.29, 0.717) is 18.8 Å². The number of nitrogens with zero attached hydrogens (tertiary/aromatic N) is 3. The number of fused-ring (bicyclic) bond motifs is 1. The maximum Gasteiger partial charge on any atom is 0.243 e. The number of thioether (sulfide) groups is 1. The SMILES string of the molecule is CC1(C)SC[C@H](C(=O)NCCCn2nnc3ccccc32)NC1=O. The molecule has 24 heavy (non-hydrogen) atoms. The summed E-state index contributed by atoms with van der Waals surface area (Å²) in [5, 5.41) is 13.9. The molecule has 0 bridgehead atoms. The van der Waals surface area contributed by atoms with Crippen LogP contribution in [0.1, 0.15) is 20.3 Å².